The summed E-state index contributed by atoms with van der Waals surface area (Å²) in [5.74, 6) is -1.23. The molecule has 1 amide bonds. The molecule has 21 heavy (non-hydrogen) atoms. The van der Waals surface area contributed by atoms with Crippen LogP contribution in [0.25, 0.3) is 0 Å². The first kappa shape index (κ1) is 15.7. The van der Waals surface area contributed by atoms with E-state index in [1.165, 1.54) is 17.0 Å². The summed E-state index contributed by atoms with van der Waals surface area (Å²) in [7, 11) is 0. The lowest BCUT2D eigenvalue weighted by Crippen LogP contribution is -2.49. The zero-order valence-electron chi connectivity index (χ0n) is 12.5. The van der Waals surface area contributed by atoms with Crippen molar-refractivity contribution in [3.8, 4) is 0 Å². The lowest BCUT2D eigenvalue weighted by Gasteiger charge is -2.35. The molecule has 1 aromatic carbocycles. The van der Waals surface area contributed by atoms with Gasteiger partial charge in [0.1, 0.15) is 17.2 Å². The van der Waals surface area contributed by atoms with Crippen LogP contribution in [0.2, 0.25) is 0 Å². The number of piperazine rings is 1. The molecule has 1 saturated heterocycles. The molecule has 1 aliphatic heterocycles. The molecule has 0 saturated carbocycles. The molecule has 0 spiro atoms. The zero-order valence-corrected chi connectivity index (χ0v) is 12.5. The zero-order chi connectivity index (χ0) is 15.6. The van der Waals surface area contributed by atoms with Gasteiger partial charge in [0.25, 0.3) is 0 Å². The van der Waals surface area contributed by atoms with Gasteiger partial charge in [-0.2, -0.15) is 0 Å². The van der Waals surface area contributed by atoms with Gasteiger partial charge in [-0.1, -0.05) is 6.07 Å². The fraction of sp³-hybridized carbons (Fsp3) is 0.533. The van der Waals surface area contributed by atoms with E-state index < -0.39 is 23.3 Å². The molecule has 2 rings (SSSR count). The van der Waals surface area contributed by atoms with Crippen molar-refractivity contribution in [2.45, 2.75) is 32.4 Å². The van der Waals surface area contributed by atoms with Crippen molar-refractivity contribution in [2.24, 2.45) is 0 Å². The van der Waals surface area contributed by atoms with E-state index in [1.807, 2.05) is 0 Å². The van der Waals surface area contributed by atoms with E-state index >= 15 is 0 Å². The minimum absolute atomic E-state index is 0.289. The molecular formula is C15H20F2N2O2. The van der Waals surface area contributed by atoms with E-state index in [4.69, 9.17) is 4.74 Å². The van der Waals surface area contributed by atoms with Crippen LogP contribution in [0.5, 0.6) is 0 Å². The molecule has 0 aliphatic carbocycles. The van der Waals surface area contributed by atoms with Crippen molar-refractivity contribution in [2.75, 3.05) is 19.6 Å². The number of nitrogens with zero attached hydrogens (tertiary/aromatic N) is 1. The van der Waals surface area contributed by atoms with Gasteiger partial charge in [-0.3, -0.25) is 0 Å². The Bertz CT molecular complexity index is 529. The number of amides is 1. The maximum Gasteiger partial charge on any atom is 0.410 e. The van der Waals surface area contributed by atoms with E-state index in [9.17, 15) is 13.6 Å². The molecule has 1 N–H and O–H groups in total. The lowest BCUT2D eigenvalue weighted by molar-refractivity contribution is 0.0193. The van der Waals surface area contributed by atoms with Gasteiger partial charge in [0.05, 0.1) is 6.04 Å². The monoisotopic (exact) mass is 298 g/mol. The molecule has 0 bridgehead atoms. The van der Waals surface area contributed by atoms with Crippen molar-refractivity contribution < 1.29 is 18.3 Å². The quantitative estimate of drug-likeness (QED) is 0.867. The minimum atomic E-state index is -0.615. The SMILES string of the molecule is CC(C)(C)OC(=O)N1CCNC(c2ccc(F)cc2F)C1. The van der Waals surface area contributed by atoms with E-state index in [2.05, 4.69) is 5.32 Å². The highest BCUT2D eigenvalue weighted by Crippen LogP contribution is 2.22. The summed E-state index contributed by atoms with van der Waals surface area (Å²) in [6, 6.07) is 3.10. The van der Waals surface area contributed by atoms with Crippen LogP contribution < -0.4 is 5.32 Å². The molecule has 1 atom stereocenters. The number of rotatable bonds is 1. The van der Waals surface area contributed by atoms with Crippen LogP contribution in [0.3, 0.4) is 0 Å². The van der Waals surface area contributed by atoms with Crippen molar-refractivity contribution >= 4 is 6.09 Å². The third kappa shape index (κ3) is 4.14. The first-order valence-corrected chi connectivity index (χ1v) is 6.92. The molecule has 0 aromatic heterocycles. The molecule has 4 nitrogen and oxygen atoms in total. The van der Waals surface area contributed by atoms with E-state index in [1.54, 1.807) is 20.8 Å². The Labute approximate surface area is 123 Å². The number of hydrogen-bond donors (Lipinski definition) is 1. The number of halogens is 2. The summed E-state index contributed by atoms with van der Waals surface area (Å²) in [6.45, 7) is 6.70. The predicted molar refractivity (Wildman–Crippen MR) is 74.9 cm³/mol. The van der Waals surface area contributed by atoms with Gasteiger partial charge in [-0.05, 0) is 26.8 Å². The fourth-order valence-electron chi connectivity index (χ4n) is 2.23. The molecule has 0 radical (unpaired) electrons. The maximum atomic E-state index is 13.8. The molecule has 1 aromatic rings. The topological polar surface area (TPSA) is 41.6 Å². The summed E-state index contributed by atoms with van der Waals surface area (Å²) in [4.78, 5) is 13.6. The molecule has 116 valence electrons. The summed E-state index contributed by atoms with van der Waals surface area (Å²) in [6.07, 6.45) is -0.420. The second-order valence-electron chi connectivity index (χ2n) is 6.10. The Hall–Kier alpha value is -1.69. The Balaban J connectivity index is 2.08. The number of benzene rings is 1. The van der Waals surface area contributed by atoms with E-state index in [-0.39, 0.29) is 12.6 Å². The first-order chi connectivity index (χ1) is 9.76. The smallest absolute Gasteiger partial charge is 0.410 e. The van der Waals surface area contributed by atoms with Crippen molar-refractivity contribution in [3.63, 3.8) is 0 Å². The molecule has 1 unspecified atom stereocenters. The maximum absolute atomic E-state index is 13.8. The number of ether oxygens (including phenoxy) is 1. The number of hydrogen-bond acceptors (Lipinski definition) is 3. The second kappa shape index (κ2) is 5.97. The number of carbonyl (C=O) groups excluding carboxylic acids is 1. The third-order valence-corrected chi connectivity index (χ3v) is 3.17. The van der Waals surface area contributed by atoms with Crippen LogP contribution in [0, 0.1) is 11.6 Å². The molecular weight excluding hydrogens is 278 g/mol. The summed E-state index contributed by atoms with van der Waals surface area (Å²) < 4.78 is 32.1. The van der Waals surface area contributed by atoms with Gasteiger partial charge in [-0.25, -0.2) is 13.6 Å². The third-order valence-electron chi connectivity index (χ3n) is 3.17. The van der Waals surface area contributed by atoms with E-state index in [0.29, 0.717) is 18.7 Å². The van der Waals surface area contributed by atoms with Gasteiger partial charge in [0.15, 0.2) is 0 Å². The van der Waals surface area contributed by atoms with Crippen LogP contribution in [-0.4, -0.2) is 36.2 Å². The van der Waals surface area contributed by atoms with Crippen molar-refractivity contribution in [3.05, 3.63) is 35.4 Å². The highest BCUT2D eigenvalue weighted by atomic mass is 19.1. The van der Waals surface area contributed by atoms with Gasteiger partial charge in [0.2, 0.25) is 0 Å². The molecule has 1 fully saturated rings. The van der Waals surface area contributed by atoms with Crippen molar-refractivity contribution in [1.29, 1.82) is 0 Å². The summed E-state index contributed by atoms with van der Waals surface area (Å²) in [5.41, 5.74) is -0.219. The summed E-state index contributed by atoms with van der Waals surface area (Å²) >= 11 is 0. The Kier molecular flexibility index (Phi) is 4.46. The van der Waals surface area contributed by atoms with Gasteiger partial charge >= 0.3 is 6.09 Å². The van der Waals surface area contributed by atoms with Gasteiger partial charge < -0.3 is 15.0 Å². The Morgan fingerprint density at radius 3 is 2.71 bits per heavy atom. The van der Waals surface area contributed by atoms with Crippen LogP contribution in [0.1, 0.15) is 32.4 Å². The minimum Gasteiger partial charge on any atom is -0.444 e. The predicted octanol–water partition coefficient (Wildman–Crippen LogP) is 2.85. The van der Waals surface area contributed by atoms with Gasteiger partial charge in [-0.15, -0.1) is 0 Å². The lowest BCUT2D eigenvalue weighted by atomic mass is 10.0. The molecule has 1 aliphatic rings. The second-order valence-corrected chi connectivity index (χ2v) is 6.10. The van der Waals surface area contributed by atoms with Crippen LogP contribution >= 0.6 is 0 Å². The Morgan fingerprint density at radius 2 is 2.10 bits per heavy atom. The fourth-order valence-corrected chi connectivity index (χ4v) is 2.23. The van der Waals surface area contributed by atoms with Gasteiger partial charge in [0, 0.05) is 31.3 Å². The standard InChI is InChI=1S/C15H20F2N2O2/c1-15(2,3)21-14(20)19-7-6-18-13(9-19)11-5-4-10(16)8-12(11)17/h4-5,8,13,18H,6-7,9H2,1-3H3. The van der Waals surface area contributed by atoms with Crippen LogP contribution in [-0.2, 0) is 4.74 Å². The molecule has 6 heteroatoms. The summed E-state index contributed by atoms with van der Waals surface area (Å²) in [5, 5.41) is 3.13. The highest BCUT2D eigenvalue weighted by molar-refractivity contribution is 5.68. The largest absolute Gasteiger partial charge is 0.444 e. The van der Waals surface area contributed by atoms with Crippen LogP contribution in [0.4, 0.5) is 13.6 Å². The first-order valence-electron chi connectivity index (χ1n) is 6.92. The normalized spacial score (nSPS) is 19.5. The van der Waals surface area contributed by atoms with E-state index in [0.717, 1.165) is 6.07 Å². The Morgan fingerprint density at radius 1 is 1.38 bits per heavy atom. The average molecular weight is 298 g/mol. The number of carbonyl (C=O) groups is 1. The molecule has 1 heterocycles. The highest BCUT2D eigenvalue weighted by Gasteiger charge is 2.29. The van der Waals surface area contributed by atoms with Crippen molar-refractivity contribution in [1.82, 2.24) is 10.2 Å². The number of nitrogens with one attached hydrogen (secondary N) is 1. The average Bonchev–Trinajstić information content (AvgIpc) is 2.37. The van der Waals surface area contributed by atoms with Crippen LogP contribution in [0.15, 0.2) is 18.2 Å².